The van der Waals surface area contributed by atoms with Crippen molar-refractivity contribution in [2.45, 2.75) is 65.9 Å². The molecule has 0 fully saturated rings. The monoisotopic (exact) mass is 443 g/mol. The zero-order valence-corrected chi connectivity index (χ0v) is 20.3. The molecule has 6 heteroatoms. The molecule has 1 N–H and O–H groups in total. The molecule has 0 saturated carbocycles. The summed E-state index contributed by atoms with van der Waals surface area (Å²) in [5, 5.41) is 2.94. The summed E-state index contributed by atoms with van der Waals surface area (Å²) in [5.41, 5.74) is 3.24. The van der Waals surface area contributed by atoms with Gasteiger partial charge in [0.1, 0.15) is 5.82 Å². The zero-order valence-electron chi connectivity index (χ0n) is 20.3. The molecular formula is C26H34FNO4. The first-order valence-corrected chi connectivity index (χ1v) is 10.7. The predicted molar refractivity (Wildman–Crippen MR) is 125 cm³/mol. The predicted octanol–water partition coefficient (Wildman–Crippen LogP) is 6.00. The molecule has 0 aliphatic carbocycles. The van der Waals surface area contributed by atoms with E-state index in [1.54, 1.807) is 14.0 Å². The van der Waals surface area contributed by atoms with Gasteiger partial charge in [-0.1, -0.05) is 47.6 Å². The summed E-state index contributed by atoms with van der Waals surface area (Å²) in [4.78, 5) is 24.9. The summed E-state index contributed by atoms with van der Waals surface area (Å²) in [7, 11) is 1.61. The van der Waals surface area contributed by atoms with Crippen molar-refractivity contribution in [3.63, 3.8) is 0 Å². The minimum Gasteiger partial charge on any atom is -0.462 e. The molecule has 2 aromatic rings. The van der Waals surface area contributed by atoms with Crippen LogP contribution in [0.3, 0.4) is 0 Å². The number of hydrogen-bond acceptors (Lipinski definition) is 4. The fraction of sp³-hybridized carbons (Fsp3) is 0.462. The van der Waals surface area contributed by atoms with Crippen LogP contribution in [0.25, 0.3) is 0 Å². The standard InChI is InChI=1S/C26H34FNO4/c1-9-32-24(30)18-11-10-16(12-21(18)27)23(29)28-22-14-17(25(2,3)4)13-20(26(5,6)7)19(22)15-31-8/h10-14H,9,15H2,1-8H3,(H,28,29). The van der Waals surface area contributed by atoms with Crippen molar-refractivity contribution >= 4 is 17.6 Å². The van der Waals surface area contributed by atoms with Crippen LogP contribution in [0.4, 0.5) is 10.1 Å². The van der Waals surface area contributed by atoms with E-state index in [-0.39, 0.29) is 28.6 Å². The quantitative estimate of drug-likeness (QED) is 0.557. The van der Waals surface area contributed by atoms with Crippen LogP contribution in [0.5, 0.6) is 0 Å². The number of methoxy groups -OCH3 is 1. The molecule has 174 valence electrons. The molecule has 2 aromatic carbocycles. The molecule has 0 aliphatic rings. The van der Waals surface area contributed by atoms with Crippen LogP contribution >= 0.6 is 0 Å². The van der Waals surface area contributed by atoms with E-state index in [0.29, 0.717) is 12.3 Å². The third-order valence-electron chi connectivity index (χ3n) is 5.19. The lowest BCUT2D eigenvalue weighted by Gasteiger charge is -2.29. The molecule has 0 spiro atoms. The normalized spacial score (nSPS) is 11.9. The van der Waals surface area contributed by atoms with E-state index in [0.717, 1.165) is 22.8 Å². The van der Waals surface area contributed by atoms with Crippen LogP contribution in [0, 0.1) is 5.82 Å². The molecule has 0 unspecified atom stereocenters. The Morgan fingerprint density at radius 1 is 1.00 bits per heavy atom. The number of rotatable bonds is 6. The highest BCUT2D eigenvalue weighted by Crippen LogP contribution is 2.36. The van der Waals surface area contributed by atoms with Gasteiger partial charge in [0.05, 0.1) is 18.8 Å². The molecule has 5 nitrogen and oxygen atoms in total. The van der Waals surface area contributed by atoms with Crippen LogP contribution in [0.15, 0.2) is 30.3 Å². The maximum absolute atomic E-state index is 14.5. The Bertz CT molecular complexity index is 1000. The van der Waals surface area contributed by atoms with Crippen molar-refractivity contribution in [2.75, 3.05) is 19.0 Å². The van der Waals surface area contributed by atoms with Crippen molar-refractivity contribution in [3.05, 3.63) is 64.0 Å². The number of amides is 1. The van der Waals surface area contributed by atoms with E-state index < -0.39 is 17.7 Å². The first-order valence-electron chi connectivity index (χ1n) is 10.7. The third-order valence-corrected chi connectivity index (χ3v) is 5.19. The Kier molecular flexibility index (Phi) is 7.83. The van der Waals surface area contributed by atoms with Crippen molar-refractivity contribution in [2.24, 2.45) is 0 Å². The van der Waals surface area contributed by atoms with Gasteiger partial charge in [-0.25, -0.2) is 9.18 Å². The lowest BCUT2D eigenvalue weighted by Crippen LogP contribution is -2.22. The smallest absolute Gasteiger partial charge is 0.341 e. The SMILES string of the molecule is CCOC(=O)c1ccc(C(=O)Nc2cc(C(C)(C)C)cc(C(C)(C)C)c2COC)cc1F. The molecule has 0 saturated heterocycles. The molecule has 0 heterocycles. The first-order chi connectivity index (χ1) is 14.8. The third kappa shape index (κ3) is 5.94. The van der Waals surface area contributed by atoms with Crippen LogP contribution < -0.4 is 5.32 Å². The lowest BCUT2D eigenvalue weighted by atomic mass is 9.78. The van der Waals surface area contributed by atoms with Gasteiger partial charge in [0, 0.05) is 23.9 Å². The second-order valence-corrected chi connectivity index (χ2v) is 9.85. The Labute approximate surface area is 190 Å². The molecule has 0 atom stereocenters. The van der Waals surface area contributed by atoms with Crippen LogP contribution in [0.2, 0.25) is 0 Å². The van der Waals surface area contributed by atoms with Gasteiger partial charge in [0.15, 0.2) is 0 Å². The number of halogens is 1. The molecule has 2 rings (SSSR count). The van der Waals surface area contributed by atoms with Crippen molar-refractivity contribution in [1.29, 1.82) is 0 Å². The minimum absolute atomic E-state index is 0.109. The van der Waals surface area contributed by atoms with Gasteiger partial charge in [-0.2, -0.15) is 0 Å². The number of carbonyl (C=O) groups is 2. The lowest BCUT2D eigenvalue weighted by molar-refractivity contribution is 0.0520. The Hall–Kier alpha value is -2.73. The number of hydrogen-bond donors (Lipinski definition) is 1. The van der Waals surface area contributed by atoms with Crippen LogP contribution in [0.1, 0.15) is 85.9 Å². The molecule has 0 aliphatic heterocycles. The van der Waals surface area contributed by atoms with E-state index in [4.69, 9.17) is 9.47 Å². The fourth-order valence-electron chi connectivity index (χ4n) is 3.41. The maximum atomic E-state index is 14.5. The van der Waals surface area contributed by atoms with Crippen molar-refractivity contribution < 1.29 is 23.5 Å². The van der Waals surface area contributed by atoms with Gasteiger partial charge in [-0.15, -0.1) is 0 Å². The number of benzene rings is 2. The Morgan fingerprint density at radius 3 is 2.16 bits per heavy atom. The second kappa shape index (κ2) is 9.82. The van der Waals surface area contributed by atoms with E-state index in [9.17, 15) is 14.0 Å². The van der Waals surface area contributed by atoms with Gasteiger partial charge in [-0.3, -0.25) is 4.79 Å². The van der Waals surface area contributed by atoms with E-state index in [1.807, 2.05) is 6.07 Å². The number of carbonyl (C=O) groups excluding carboxylic acids is 2. The Balaban J connectivity index is 2.52. The van der Waals surface area contributed by atoms with Gasteiger partial charge < -0.3 is 14.8 Å². The second-order valence-electron chi connectivity index (χ2n) is 9.85. The summed E-state index contributed by atoms with van der Waals surface area (Å²) < 4.78 is 24.7. The zero-order chi connectivity index (χ0) is 24.3. The summed E-state index contributed by atoms with van der Waals surface area (Å²) in [6.45, 7) is 14.8. The van der Waals surface area contributed by atoms with Crippen molar-refractivity contribution in [1.82, 2.24) is 0 Å². The highest BCUT2D eigenvalue weighted by atomic mass is 19.1. The molecule has 0 bridgehead atoms. The largest absolute Gasteiger partial charge is 0.462 e. The molecule has 1 amide bonds. The van der Waals surface area contributed by atoms with Gasteiger partial charge in [-0.05, 0) is 53.1 Å². The fourth-order valence-corrected chi connectivity index (χ4v) is 3.41. The minimum atomic E-state index is -0.799. The molecule has 0 radical (unpaired) electrons. The van der Waals surface area contributed by atoms with Crippen LogP contribution in [-0.4, -0.2) is 25.6 Å². The summed E-state index contributed by atoms with van der Waals surface area (Å²) in [6.07, 6.45) is 0. The number of anilines is 1. The average molecular weight is 444 g/mol. The van der Waals surface area contributed by atoms with Gasteiger partial charge >= 0.3 is 5.97 Å². The van der Waals surface area contributed by atoms with Crippen LogP contribution in [-0.2, 0) is 26.9 Å². The molecule has 0 aromatic heterocycles. The van der Waals surface area contributed by atoms with E-state index in [1.165, 1.54) is 12.1 Å². The number of nitrogens with one attached hydrogen (secondary N) is 1. The maximum Gasteiger partial charge on any atom is 0.341 e. The summed E-state index contributed by atoms with van der Waals surface area (Å²) >= 11 is 0. The molecule has 32 heavy (non-hydrogen) atoms. The summed E-state index contributed by atoms with van der Waals surface area (Å²) in [6, 6.07) is 7.85. The highest BCUT2D eigenvalue weighted by molar-refractivity contribution is 6.05. The van der Waals surface area contributed by atoms with E-state index in [2.05, 4.69) is 52.9 Å². The van der Waals surface area contributed by atoms with Gasteiger partial charge in [0.25, 0.3) is 5.91 Å². The summed E-state index contributed by atoms with van der Waals surface area (Å²) in [5.74, 6) is -2.03. The van der Waals surface area contributed by atoms with E-state index >= 15 is 0 Å². The van der Waals surface area contributed by atoms with Gasteiger partial charge in [0.2, 0.25) is 0 Å². The molecular weight excluding hydrogens is 409 g/mol. The Morgan fingerprint density at radius 2 is 1.66 bits per heavy atom. The van der Waals surface area contributed by atoms with Crippen molar-refractivity contribution in [3.8, 4) is 0 Å². The first kappa shape index (κ1) is 25.5. The number of ether oxygens (including phenoxy) is 2. The highest BCUT2D eigenvalue weighted by Gasteiger charge is 2.26. The average Bonchev–Trinajstić information content (AvgIpc) is 2.67. The topological polar surface area (TPSA) is 64.6 Å². The number of esters is 1.